The Kier molecular flexibility index (Phi) is 7.66. The smallest absolute Gasteiger partial charge is 0.199 e. The third-order valence-electron chi connectivity index (χ3n) is 7.69. The Morgan fingerprint density at radius 2 is 1.26 bits per heavy atom. The maximum Gasteiger partial charge on any atom is 0.199 e. The largest absolute Gasteiger partial charge is 0.508 e. The van der Waals surface area contributed by atoms with E-state index in [4.69, 9.17) is 18.9 Å². The SMILES string of the molecule is Oc1ccc(C2=C(c3ccc(OC4CCCCO4)cc3)CCCc3cc(OC4CCCCO4)ccc32)cc1. The van der Waals surface area contributed by atoms with Crippen LogP contribution in [0.2, 0.25) is 0 Å². The molecule has 2 saturated heterocycles. The topological polar surface area (TPSA) is 57.2 Å². The van der Waals surface area contributed by atoms with Crippen LogP contribution in [0, 0.1) is 0 Å². The zero-order valence-corrected chi connectivity index (χ0v) is 21.9. The molecule has 1 N–H and O–H groups in total. The minimum Gasteiger partial charge on any atom is -0.508 e. The molecule has 0 saturated carbocycles. The lowest BCUT2D eigenvalue weighted by molar-refractivity contribution is -0.106. The van der Waals surface area contributed by atoms with E-state index in [1.807, 2.05) is 12.1 Å². The van der Waals surface area contributed by atoms with Gasteiger partial charge in [-0.15, -0.1) is 0 Å². The molecule has 0 aromatic heterocycles. The summed E-state index contributed by atoms with van der Waals surface area (Å²) in [4.78, 5) is 0. The predicted molar refractivity (Wildman–Crippen MR) is 148 cm³/mol. The van der Waals surface area contributed by atoms with Gasteiger partial charge in [-0.05, 0) is 115 Å². The fourth-order valence-corrected chi connectivity index (χ4v) is 5.73. The molecule has 5 heteroatoms. The van der Waals surface area contributed by atoms with Crippen molar-refractivity contribution in [1.29, 1.82) is 0 Å². The summed E-state index contributed by atoms with van der Waals surface area (Å²) in [6.07, 6.45) is 9.04. The zero-order valence-electron chi connectivity index (χ0n) is 21.9. The average molecular weight is 513 g/mol. The van der Waals surface area contributed by atoms with E-state index in [2.05, 4.69) is 42.5 Å². The fraction of sp³-hybridized carbons (Fsp3) is 0.394. The first-order valence-corrected chi connectivity index (χ1v) is 14.1. The second-order valence-corrected chi connectivity index (χ2v) is 10.4. The second-order valence-electron chi connectivity index (χ2n) is 10.4. The van der Waals surface area contributed by atoms with Crippen LogP contribution in [-0.2, 0) is 15.9 Å². The van der Waals surface area contributed by atoms with Gasteiger partial charge in [0, 0.05) is 12.8 Å². The van der Waals surface area contributed by atoms with E-state index < -0.39 is 0 Å². The Balaban J connectivity index is 1.35. The molecule has 3 aliphatic rings. The van der Waals surface area contributed by atoms with Gasteiger partial charge in [0.05, 0.1) is 13.2 Å². The standard InChI is InChI=1S/C33H36O5/c34-26-14-10-24(11-15-26)33-29(23-12-16-27(17-13-23)37-31-8-1-3-20-35-31)7-5-6-25-22-28(18-19-30(25)33)38-32-9-2-4-21-36-32/h10-19,22,31-32,34H,1-9,20-21H2. The van der Waals surface area contributed by atoms with Crippen LogP contribution < -0.4 is 9.47 Å². The van der Waals surface area contributed by atoms with Gasteiger partial charge in [0.25, 0.3) is 0 Å². The molecule has 0 bridgehead atoms. The fourth-order valence-electron chi connectivity index (χ4n) is 5.73. The lowest BCUT2D eigenvalue weighted by atomic mass is 9.88. The van der Waals surface area contributed by atoms with Crippen LogP contribution in [0.1, 0.15) is 73.6 Å². The van der Waals surface area contributed by atoms with Crippen molar-refractivity contribution in [2.45, 2.75) is 70.4 Å². The quantitative estimate of drug-likeness (QED) is 0.371. The summed E-state index contributed by atoms with van der Waals surface area (Å²) in [7, 11) is 0. The number of hydrogen-bond donors (Lipinski definition) is 1. The van der Waals surface area contributed by atoms with Crippen LogP contribution in [-0.4, -0.2) is 30.9 Å². The van der Waals surface area contributed by atoms with Gasteiger partial charge in [-0.3, -0.25) is 0 Å². The Bertz CT molecular complexity index is 1250. The van der Waals surface area contributed by atoms with E-state index in [9.17, 15) is 5.11 Å². The number of ether oxygens (including phenoxy) is 4. The minimum atomic E-state index is -0.157. The molecule has 3 aromatic carbocycles. The van der Waals surface area contributed by atoms with Crippen molar-refractivity contribution in [3.8, 4) is 17.2 Å². The number of fused-ring (bicyclic) bond motifs is 1. The molecular formula is C33H36O5. The number of aryl methyl sites for hydroxylation is 1. The molecule has 2 atom stereocenters. The lowest BCUT2D eigenvalue weighted by Crippen LogP contribution is -2.25. The number of aromatic hydroxyl groups is 1. The van der Waals surface area contributed by atoms with E-state index in [-0.39, 0.29) is 18.3 Å². The van der Waals surface area contributed by atoms with Gasteiger partial charge in [0.15, 0.2) is 12.6 Å². The van der Waals surface area contributed by atoms with Gasteiger partial charge >= 0.3 is 0 Å². The van der Waals surface area contributed by atoms with Crippen LogP contribution in [0.5, 0.6) is 17.2 Å². The number of benzene rings is 3. The highest BCUT2D eigenvalue weighted by Crippen LogP contribution is 2.41. The summed E-state index contributed by atoms with van der Waals surface area (Å²) in [5.41, 5.74) is 7.30. The first kappa shape index (κ1) is 25.0. The molecular weight excluding hydrogens is 476 g/mol. The van der Waals surface area contributed by atoms with Crippen molar-refractivity contribution in [3.63, 3.8) is 0 Å². The minimum absolute atomic E-state index is 0.151. The highest BCUT2D eigenvalue weighted by Gasteiger charge is 2.22. The van der Waals surface area contributed by atoms with E-state index in [1.54, 1.807) is 12.1 Å². The van der Waals surface area contributed by atoms with Gasteiger partial charge < -0.3 is 24.1 Å². The van der Waals surface area contributed by atoms with Gasteiger partial charge in [0.2, 0.25) is 0 Å². The van der Waals surface area contributed by atoms with E-state index in [0.29, 0.717) is 0 Å². The molecule has 0 amide bonds. The van der Waals surface area contributed by atoms with Crippen LogP contribution in [0.3, 0.4) is 0 Å². The molecule has 1 aliphatic carbocycles. The Morgan fingerprint density at radius 1 is 0.632 bits per heavy atom. The average Bonchev–Trinajstić information content (AvgIpc) is 3.14. The Morgan fingerprint density at radius 3 is 1.92 bits per heavy atom. The predicted octanol–water partition coefficient (Wildman–Crippen LogP) is 7.50. The molecule has 0 radical (unpaired) electrons. The zero-order chi connectivity index (χ0) is 25.7. The summed E-state index contributed by atoms with van der Waals surface area (Å²) in [6.45, 7) is 1.54. The van der Waals surface area contributed by atoms with E-state index in [1.165, 1.54) is 27.8 Å². The summed E-state index contributed by atoms with van der Waals surface area (Å²) >= 11 is 0. The molecule has 0 spiro atoms. The number of allylic oxidation sites excluding steroid dienone is 1. The van der Waals surface area contributed by atoms with E-state index >= 15 is 0 Å². The first-order chi connectivity index (χ1) is 18.7. The van der Waals surface area contributed by atoms with E-state index in [0.717, 1.165) is 88.1 Å². The van der Waals surface area contributed by atoms with Crippen LogP contribution in [0.25, 0.3) is 11.1 Å². The number of hydrogen-bond acceptors (Lipinski definition) is 5. The third kappa shape index (κ3) is 5.74. The van der Waals surface area contributed by atoms with Gasteiger partial charge in [-0.1, -0.05) is 30.3 Å². The lowest BCUT2D eigenvalue weighted by Gasteiger charge is -2.24. The molecule has 2 aliphatic heterocycles. The maximum absolute atomic E-state index is 9.98. The molecule has 6 rings (SSSR count). The van der Waals surface area contributed by atoms with Gasteiger partial charge in [-0.2, -0.15) is 0 Å². The highest BCUT2D eigenvalue weighted by molar-refractivity contribution is 6.00. The van der Waals surface area contributed by atoms with Crippen molar-refractivity contribution in [1.82, 2.24) is 0 Å². The Hall–Kier alpha value is -3.28. The number of phenols is 1. The van der Waals surface area contributed by atoms with Gasteiger partial charge in [-0.25, -0.2) is 0 Å². The number of phenolic OH excluding ortho intramolecular Hbond substituents is 1. The van der Waals surface area contributed by atoms with Crippen molar-refractivity contribution < 1.29 is 24.1 Å². The molecule has 38 heavy (non-hydrogen) atoms. The summed E-state index contributed by atoms with van der Waals surface area (Å²) in [6, 6.07) is 22.5. The van der Waals surface area contributed by atoms with Crippen LogP contribution >= 0.6 is 0 Å². The van der Waals surface area contributed by atoms with Crippen molar-refractivity contribution in [3.05, 3.63) is 89.0 Å². The molecule has 3 aromatic rings. The summed E-state index contributed by atoms with van der Waals surface area (Å²) in [5.74, 6) is 1.98. The maximum atomic E-state index is 9.98. The molecule has 5 nitrogen and oxygen atoms in total. The third-order valence-corrected chi connectivity index (χ3v) is 7.69. The first-order valence-electron chi connectivity index (χ1n) is 14.1. The normalized spacial score (nSPS) is 21.9. The molecule has 2 unspecified atom stereocenters. The second kappa shape index (κ2) is 11.6. The van der Waals surface area contributed by atoms with Crippen molar-refractivity contribution >= 4 is 11.1 Å². The van der Waals surface area contributed by atoms with Gasteiger partial charge in [0.1, 0.15) is 17.2 Å². The molecule has 2 heterocycles. The van der Waals surface area contributed by atoms with Crippen molar-refractivity contribution in [2.24, 2.45) is 0 Å². The molecule has 198 valence electrons. The summed E-state index contributed by atoms with van der Waals surface area (Å²) < 4.78 is 23.9. The highest BCUT2D eigenvalue weighted by atomic mass is 16.7. The number of rotatable bonds is 6. The Labute approximate surface area is 225 Å². The van der Waals surface area contributed by atoms with Crippen LogP contribution in [0.15, 0.2) is 66.7 Å². The van der Waals surface area contributed by atoms with Crippen molar-refractivity contribution in [2.75, 3.05) is 13.2 Å². The molecule has 2 fully saturated rings. The van der Waals surface area contributed by atoms with Crippen LogP contribution in [0.4, 0.5) is 0 Å². The monoisotopic (exact) mass is 512 g/mol. The summed E-state index contributed by atoms with van der Waals surface area (Å²) in [5, 5.41) is 9.98.